The summed E-state index contributed by atoms with van der Waals surface area (Å²) in [6, 6.07) is 22.5. The molecule has 0 saturated heterocycles. The van der Waals surface area contributed by atoms with Crippen molar-refractivity contribution in [3.05, 3.63) is 90.0 Å². The van der Waals surface area contributed by atoms with E-state index >= 15 is 0 Å². The highest BCUT2D eigenvalue weighted by molar-refractivity contribution is 7.98. The van der Waals surface area contributed by atoms with Gasteiger partial charge in [0.05, 0.1) is 11.3 Å². The predicted molar refractivity (Wildman–Crippen MR) is 110 cm³/mol. The topological polar surface area (TPSA) is 40.5 Å². The molecule has 0 aliphatic carbocycles. The van der Waals surface area contributed by atoms with Crippen LogP contribution in [0.15, 0.2) is 94.1 Å². The van der Waals surface area contributed by atoms with Gasteiger partial charge in [-0.1, -0.05) is 54.6 Å². The van der Waals surface area contributed by atoms with E-state index in [-0.39, 0.29) is 5.69 Å². The van der Waals surface area contributed by atoms with Gasteiger partial charge >= 0.3 is 6.18 Å². The van der Waals surface area contributed by atoms with Crippen molar-refractivity contribution in [2.45, 2.75) is 17.0 Å². The number of rotatable bonds is 5. The van der Waals surface area contributed by atoms with E-state index in [9.17, 15) is 13.2 Å². The van der Waals surface area contributed by atoms with Gasteiger partial charge in [-0.2, -0.15) is 18.3 Å². The number of hydrogen-bond donors (Lipinski definition) is 1. The Hall–Kier alpha value is -3.06. The van der Waals surface area contributed by atoms with Crippen molar-refractivity contribution < 1.29 is 13.2 Å². The summed E-state index contributed by atoms with van der Waals surface area (Å²) in [4.78, 5) is 3.34. The molecule has 3 nitrogen and oxygen atoms in total. The lowest BCUT2D eigenvalue weighted by Crippen LogP contribution is -2.03. The maximum absolute atomic E-state index is 12.9. The Morgan fingerprint density at radius 3 is 2.38 bits per heavy atom. The largest absolute Gasteiger partial charge is 0.416 e. The molecule has 0 radical (unpaired) electrons. The first-order chi connectivity index (χ1) is 14.0. The smallest absolute Gasteiger partial charge is 0.348 e. The first-order valence-electron chi connectivity index (χ1n) is 8.87. The van der Waals surface area contributed by atoms with Gasteiger partial charge in [-0.25, -0.2) is 0 Å². The average molecular weight is 411 g/mol. The van der Waals surface area contributed by atoms with Gasteiger partial charge in [-0.15, -0.1) is 16.9 Å². The van der Waals surface area contributed by atoms with E-state index in [0.717, 1.165) is 39.4 Å². The monoisotopic (exact) mass is 411 g/mol. The van der Waals surface area contributed by atoms with E-state index in [1.165, 1.54) is 12.1 Å². The molecule has 3 aromatic carbocycles. The number of aromatic amines is 1. The van der Waals surface area contributed by atoms with E-state index in [4.69, 9.17) is 0 Å². The average Bonchev–Trinajstić information content (AvgIpc) is 3.08. The van der Waals surface area contributed by atoms with Crippen LogP contribution in [-0.4, -0.2) is 4.98 Å². The molecule has 0 spiro atoms. The predicted octanol–water partition coefficient (Wildman–Crippen LogP) is 7.89. The zero-order valence-electron chi connectivity index (χ0n) is 15.1. The third-order valence-electron chi connectivity index (χ3n) is 4.31. The fourth-order valence-electron chi connectivity index (χ4n) is 2.89. The molecule has 0 aliphatic heterocycles. The summed E-state index contributed by atoms with van der Waals surface area (Å²) in [5.74, 6) is 0.736. The van der Waals surface area contributed by atoms with E-state index in [0.29, 0.717) is 5.69 Å². The van der Waals surface area contributed by atoms with Gasteiger partial charge in [0.2, 0.25) is 0 Å². The van der Waals surface area contributed by atoms with Gasteiger partial charge in [-0.05, 0) is 29.8 Å². The van der Waals surface area contributed by atoms with Crippen molar-refractivity contribution in [1.29, 1.82) is 0 Å². The number of alkyl halides is 3. The van der Waals surface area contributed by atoms with E-state index in [2.05, 4.69) is 15.2 Å². The van der Waals surface area contributed by atoms with Gasteiger partial charge in [0, 0.05) is 16.7 Å². The summed E-state index contributed by atoms with van der Waals surface area (Å²) in [6.07, 6.45) is -4.41. The molecule has 0 atom stereocenters. The minimum absolute atomic E-state index is 0.157. The van der Waals surface area contributed by atoms with Crippen LogP contribution in [0.3, 0.4) is 0 Å². The van der Waals surface area contributed by atoms with Gasteiger partial charge in [0.15, 0.2) is 0 Å². The van der Waals surface area contributed by atoms with Crippen LogP contribution in [0.5, 0.6) is 0 Å². The summed E-state index contributed by atoms with van der Waals surface area (Å²) >= 11 is 1.58. The number of benzene rings is 3. The Bertz CT molecular complexity index is 1150. The highest BCUT2D eigenvalue weighted by Gasteiger charge is 2.30. The molecule has 29 heavy (non-hydrogen) atoms. The van der Waals surface area contributed by atoms with Crippen LogP contribution in [-0.2, 0) is 11.9 Å². The number of nitrogens with one attached hydrogen (secondary N) is 1. The van der Waals surface area contributed by atoms with Gasteiger partial charge < -0.3 is 4.98 Å². The maximum Gasteiger partial charge on any atom is 0.416 e. The fourth-order valence-corrected chi connectivity index (χ4v) is 3.86. The molecule has 4 aromatic rings. The van der Waals surface area contributed by atoms with E-state index in [1.54, 1.807) is 11.8 Å². The number of nitrogens with zero attached hydrogens (tertiary/aromatic N) is 2. The molecule has 1 aromatic heterocycles. The molecular formula is C22H16F3N3S. The fraction of sp³-hybridized carbons (Fsp3) is 0.0909. The van der Waals surface area contributed by atoms with Crippen molar-refractivity contribution >= 4 is 34.0 Å². The molecule has 0 unspecified atom stereocenters. The Kier molecular flexibility index (Phi) is 5.40. The van der Waals surface area contributed by atoms with Crippen LogP contribution in [0.1, 0.15) is 11.1 Å². The van der Waals surface area contributed by atoms with Crippen molar-refractivity contribution in [3.63, 3.8) is 0 Å². The Morgan fingerprint density at radius 2 is 1.59 bits per heavy atom. The van der Waals surface area contributed by atoms with Crippen molar-refractivity contribution in [1.82, 2.24) is 4.98 Å². The third kappa shape index (κ3) is 4.51. The molecule has 0 amide bonds. The van der Waals surface area contributed by atoms with Crippen LogP contribution >= 0.6 is 11.8 Å². The number of azo groups is 1. The quantitative estimate of drug-likeness (QED) is 0.263. The minimum atomic E-state index is -4.41. The summed E-state index contributed by atoms with van der Waals surface area (Å²) in [7, 11) is 0. The molecule has 0 aliphatic rings. The Balaban J connectivity index is 1.66. The van der Waals surface area contributed by atoms with E-state index < -0.39 is 11.7 Å². The lowest BCUT2D eigenvalue weighted by atomic mass is 10.2. The first-order valence-corrected chi connectivity index (χ1v) is 9.86. The van der Waals surface area contributed by atoms with Crippen LogP contribution in [0, 0.1) is 0 Å². The second kappa shape index (κ2) is 8.13. The number of fused-ring (bicyclic) bond motifs is 1. The molecule has 4 rings (SSSR count). The standard InChI is InChI=1S/C22H16F3N3S/c23-22(24,25)16-9-6-10-17(13-16)27-28-20-18-11-4-5-12-19(18)26-21(20)29-14-15-7-2-1-3-8-15/h1-13,26H,14H2. The third-order valence-corrected chi connectivity index (χ3v) is 5.37. The normalized spacial score (nSPS) is 12.1. The second-order valence-corrected chi connectivity index (χ2v) is 7.36. The van der Waals surface area contributed by atoms with Crippen molar-refractivity contribution in [2.24, 2.45) is 10.2 Å². The molecule has 0 fully saturated rings. The van der Waals surface area contributed by atoms with Crippen LogP contribution < -0.4 is 0 Å². The number of hydrogen-bond acceptors (Lipinski definition) is 3. The van der Waals surface area contributed by atoms with Crippen LogP contribution in [0.2, 0.25) is 0 Å². The minimum Gasteiger partial charge on any atom is -0.348 e. The summed E-state index contributed by atoms with van der Waals surface area (Å²) in [6.45, 7) is 0. The Labute approximate surface area is 169 Å². The van der Waals surface area contributed by atoms with Crippen molar-refractivity contribution in [2.75, 3.05) is 0 Å². The number of thioether (sulfide) groups is 1. The number of H-pyrrole nitrogens is 1. The number of para-hydroxylation sites is 1. The molecular weight excluding hydrogens is 395 g/mol. The lowest BCUT2D eigenvalue weighted by Gasteiger charge is -2.06. The maximum atomic E-state index is 12.9. The molecule has 7 heteroatoms. The van der Waals surface area contributed by atoms with E-state index in [1.807, 2.05) is 54.6 Å². The summed E-state index contributed by atoms with van der Waals surface area (Å²) < 4.78 is 38.8. The van der Waals surface area contributed by atoms with Gasteiger partial charge in [0.25, 0.3) is 0 Å². The SMILES string of the molecule is FC(F)(F)c1cccc(N=Nc2c(SCc3ccccc3)[nH]c3ccccc23)c1. The lowest BCUT2D eigenvalue weighted by molar-refractivity contribution is -0.137. The second-order valence-electron chi connectivity index (χ2n) is 6.37. The molecule has 1 N–H and O–H groups in total. The zero-order chi connectivity index (χ0) is 20.3. The number of aromatic nitrogens is 1. The Morgan fingerprint density at radius 1 is 0.828 bits per heavy atom. The summed E-state index contributed by atoms with van der Waals surface area (Å²) in [5, 5.41) is 10.1. The molecule has 146 valence electrons. The highest BCUT2D eigenvalue weighted by atomic mass is 32.2. The molecule has 0 bridgehead atoms. The van der Waals surface area contributed by atoms with Crippen molar-refractivity contribution in [3.8, 4) is 0 Å². The first kappa shape index (κ1) is 19.3. The highest BCUT2D eigenvalue weighted by Crippen LogP contribution is 2.39. The molecule has 0 saturated carbocycles. The van der Waals surface area contributed by atoms with Gasteiger partial charge in [0.1, 0.15) is 10.7 Å². The van der Waals surface area contributed by atoms with Crippen LogP contribution in [0.25, 0.3) is 10.9 Å². The van der Waals surface area contributed by atoms with Crippen LogP contribution in [0.4, 0.5) is 24.5 Å². The van der Waals surface area contributed by atoms with Gasteiger partial charge in [-0.3, -0.25) is 0 Å². The molecule has 1 heterocycles. The zero-order valence-corrected chi connectivity index (χ0v) is 16.0. The summed E-state index contributed by atoms with van der Waals surface area (Å²) in [5.41, 5.74) is 2.10. The number of halogens is 3.